The van der Waals surface area contributed by atoms with Gasteiger partial charge in [-0.1, -0.05) is 12.1 Å². The molecule has 0 saturated carbocycles. The minimum atomic E-state index is -4.46. The van der Waals surface area contributed by atoms with Gasteiger partial charge in [-0.15, -0.1) is 0 Å². The number of amides is 2. The summed E-state index contributed by atoms with van der Waals surface area (Å²) in [5.41, 5.74) is -0.300. The fraction of sp³-hybridized carbons (Fsp3) is 0.188. The van der Waals surface area contributed by atoms with E-state index in [1.54, 1.807) is 6.92 Å². The van der Waals surface area contributed by atoms with Crippen LogP contribution in [0.2, 0.25) is 0 Å². The summed E-state index contributed by atoms with van der Waals surface area (Å²) in [6, 6.07) is 8.52. The van der Waals surface area contributed by atoms with Crippen LogP contribution in [0.4, 0.5) is 29.3 Å². The largest absolute Gasteiger partial charge is 0.416 e. The van der Waals surface area contributed by atoms with Crippen LogP contribution in [0.3, 0.4) is 0 Å². The molecule has 6 nitrogen and oxygen atoms in total. The topological polar surface area (TPSA) is 84.3 Å². The molecule has 1 atom stereocenters. The molecule has 0 aliphatic heterocycles. The van der Waals surface area contributed by atoms with Crippen LogP contribution >= 0.6 is 0 Å². The van der Waals surface area contributed by atoms with Gasteiger partial charge in [0.1, 0.15) is 0 Å². The highest BCUT2D eigenvalue weighted by Gasteiger charge is 2.30. The van der Waals surface area contributed by atoms with Gasteiger partial charge < -0.3 is 10.6 Å². The van der Waals surface area contributed by atoms with E-state index >= 15 is 0 Å². The van der Waals surface area contributed by atoms with Gasteiger partial charge in [0.15, 0.2) is 0 Å². The monoisotopic (exact) mass is 353 g/mol. The van der Waals surface area contributed by atoms with Gasteiger partial charge in [0.2, 0.25) is 0 Å². The van der Waals surface area contributed by atoms with E-state index < -0.39 is 28.7 Å². The Morgan fingerprint density at radius 2 is 1.80 bits per heavy atom. The maximum absolute atomic E-state index is 12.7. The molecular weight excluding hydrogens is 339 g/mol. The molecule has 2 aromatic carbocycles. The van der Waals surface area contributed by atoms with Crippen LogP contribution in [0.1, 0.15) is 24.1 Å². The van der Waals surface area contributed by atoms with Crippen LogP contribution in [0.25, 0.3) is 0 Å². The van der Waals surface area contributed by atoms with E-state index in [4.69, 9.17) is 0 Å². The SMILES string of the molecule is CC(NC(=O)Nc1ccc([N+](=O)[O-])cc1)c1cccc(C(F)(F)F)c1. The zero-order chi connectivity index (χ0) is 18.6. The average molecular weight is 353 g/mol. The van der Waals surface area contributed by atoms with Gasteiger partial charge in [-0.05, 0) is 36.8 Å². The van der Waals surface area contributed by atoms with Crippen LogP contribution in [-0.4, -0.2) is 11.0 Å². The number of alkyl halides is 3. The van der Waals surface area contributed by atoms with E-state index in [0.29, 0.717) is 11.3 Å². The van der Waals surface area contributed by atoms with Crippen molar-refractivity contribution in [1.82, 2.24) is 5.32 Å². The Morgan fingerprint density at radius 3 is 2.36 bits per heavy atom. The second kappa shape index (κ2) is 7.20. The maximum atomic E-state index is 12.7. The zero-order valence-electron chi connectivity index (χ0n) is 13.0. The van der Waals surface area contributed by atoms with Crippen molar-refractivity contribution in [1.29, 1.82) is 0 Å². The van der Waals surface area contributed by atoms with Crippen molar-refractivity contribution in [2.75, 3.05) is 5.32 Å². The van der Waals surface area contributed by atoms with Crippen LogP contribution in [0.5, 0.6) is 0 Å². The van der Waals surface area contributed by atoms with Crippen molar-refractivity contribution >= 4 is 17.4 Å². The molecule has 2 aromatic rings. The summed E-state index contributed by atoms with van der Waals surface area (Å²) in [7, 11) is 0. The van der Waals surface area contributed by atoms with Gasteiger partial charge in [-0.3, -0.25) is 10.1 Å². The van der Waals surface area contributed by atoms with Gasteiger partial charge in [0.05, 0.1) is 16.5 Å². The molecular formula is C16H14F3N3O3. The fourth-order valence-corrected chi connectivity index (χ4v) is 2.10. The molecule has 0 saturated heterocycles. The normalized spacial score (nSPS) is 12.3. The first-order valence-corrected chi connectivity index (χ1v) is 7.16. The summed E-state index contributed by atoms with van der Waals surface area (Å²) < 4.78 is 38.2. The van der Waals surface area contributed by atoms with Gasteiger partial charge in [-0.2, -0.15) is 13.2 Å². The summed E-state index contributed by atoms with van der Waals surface area (Å²) in [4.78, 5) is 21.9. The third-order valence-electron chi connectivity index (χ3n) is 3.40. The number of nitro benzene ring substituents is 1. The molecule has 0 spiro atoms. The predicted molar refractivity (Wildman–Crippen MR) is 85.1 cm³/mol. The van der Waals surface area contributed by atoms with Crippen molar-refractivity contribution < 1.29 is 22.9 Å². The van der Waals surface area contributed by atoms with E-state index in [1.165, 1.54) is 36.4 Å². The molecule has 0 aromatic heterocycles. The summed E-state index contributed by atoms with van der Waals surface area (Å²) in [6.45, 7) is 1.55. The Morgan fingerprint density at radius 1 is 1.16 bits per heavy atom. The highest BCUT2D eigenvalue weighted by molar-refractivity contribution is 5.89. The predicted octanol–water partition coefficient (Wildman–Crippen LogP) is 4.50. The summed E-state index contributed by atoms with van der Waals surface area (Å²) >= 11 is 0. The summed E-state index contributed by atoms with van der Waals surface area (Å²) in [6.07, 6.45) is -4.46. The zero-order valence-corrected chi connectivity index (χ0v) is 13.0. The molecule has 0 bridgehead atoms. The molecule has 132 valence electrons. The smallest absolute Gasteiger partial charge is 0.331 e. The molecule has 2 N–H and O–H groups in total. The number of urea groups is 1. The minimum Gasteiger partial charge on any atom is -0.331 e. The van der Waals surface area contributed by atoms with Crippen LogP contribution in [-0.2, 0) is 6.18 Å². The lowest BCUT2D eigenvalue weighted by atomic mass is 10.1. The molecule has 25 heavy (non-hydrogen) atoms. The Kier molecular flexibility index (Phi) is 5.26. The van der Waals surface area contributed by atoms with E-state index in [-0.39, 0.29) is 5.69 Å². The molecule has 0 aliphatic rings. The van der Waals surface area contributed by atoms with Crippen LogP contribution < -0.4 is 10.6 Å². The number of rotatable bonds is 4. The lowest BCUT2D eigenvalue weighted by Gasteiger charge is -2.16. The highest BCUT2D eigenvalue weighted by Crippen LogP contribution is 2.30. The Labute approximate surface area is 140 Å². The molecule has 2 rings (SSSR count). The molecule has 0 radical (unpaired) electrons. The molecule has 2 amide bonds. The number of nitro groups is 1. The van der Waals surface area contributed by atoms with E-state index in [9.17, 15) is 28.1 Å². The van der Waals surface area contributed by atoms with Gasteiger partial charge in [0, 0.05) is 17.8 Å². The number of hydrogen-bond donors (Lipinski definition) is 2. The Bertz CT molecular complexity index is 776. The van der Waals surface area contributed by atoms with Gasteiger partial charge >= 0.3 is 12.2 Å². The van der Waals surface area contributed by atoms with Crippen LogP contribution in [0, 0.1) is 10.1 Å². The van der Waals surface area contributed by atoms with E-state index in [0.717, 1.165) is 12.1 Å². The number of halogens is 3. The fourth-order valence-electron chi connectivity index (χ4n) is 2.10. The van der Waals surface area contributed by atoms with Crippen molar-refractivity contribution in [3.8, 4) is 0 Å². The number of anilines is 1. The van der Waals surface area contributed by atoms with E-state index in [1.807, 2.05) is 0 Å². The quantitative estimate of drug-likeness (QED) is 0.627. The lowest BCUT2D eigenvalue weighted by molar-refractivity contribution is -0.384. The maximum Gasteiger partial charge on any atom is 0.416 e. The number of non-ortho nitro benzene ring substituents is 1. The lowest BCUT2D eigenvalue weighted by Crippen LogP contribution is -2.31. The molecule has 0 heterocycles. The first-order chi connectivity index (χ1) is 11.7. The minimum absolute atomic E-state index is 0.122. The van der Waals surface area contributed by atoms with Gasteiger partial charge in [0.25, 0.3) is 5.69 Å². The third-order valence-corrected chi connectivity index (χ3v) is 3.40. The third kappa shape index (κ3) is 4.93. The van der Waals surface area contributed by atoms with Gasteiger partial charge in [-0.25, -0.2) is 4.79 Å². The van der Waals surface area contributed by atoms with E-state index in [2.05, 4.69) is 10.6 Å². The van der Waals surface area contributed by atoms with Crippen LogP contribution in [0.15, 0.2) is 48.5 Å². The number of carbonyl (C=O) groups excluding carboxylic acids is 1. The Balaban J connectivity index is 2.01. The van der Waals surface area contributed by atoms with Crippen molar-refractivity contribution in [2.45, 2.75) is 19.1 Å². The molecule has 1 unspecified atom stereocenters. The second-order valence-corrected chi connectivity index (χ2v) is 5.25. The van der Waals surface area contributed by atoms with Crippen molar-refractivity contribution in [3.63, 3.8) is 0 Å². The molecule has 0 fully saturated rings. The summed E-state index contributed by atoms with van der Waals surface area (Å²) in [5, 5.41) is 15.5. The number of hydrogen-bond acceptors (Lipinski definition) is 3. The van der Waals surface area contributed by atoms with Crippen molar-refractivity contribution in [2.24, 2.45) is 0 Å². The second-order valence-electron chi connectivity index (χ2n) is 5.25. The number of benzene rings is 2. The Hall–Kier alpha value is -3.10. The number of nitrogens with one attached hydrogen (secondary N) is 2. The highest BCUT2D eigenvalue weighted by atomic mass is 19.4. The first-order valence-electron chi connectivity index (χ1n) is 7.16. The average Bonchev–Trinajstić information content (AvgIpc) is 2.54. The number of carbonyl (C=O) groups is 1. The molecule has 0 aliphatic carbocycles. The summed E-state index contributed by atoms with van der Waals surface area (Å²) in [5.74, 6) is 0. The standard InChI is InChI=1S/C16H14F3N3O3/c1-10(11-3-2-4-12(9-11)16(17,18)19)20-15(23)21-13-5-7-14(8-6-13)22(24)25/h2-10H,1H3,(H2,20,21,23). The first kappa shape index (κ1) is 18.2. The number of nitrogens with zero attached hydrogens (tertiary/aromatic N) is 1. The molecule has 9 heteroatoms. The van der Waals surface area contributed by atoms with Crippen molar-refractivity contribution in [3.05, 3.63) is 69.8 Å².